The number of benzene rings is 2. The number of hydrogen-bond donors (Lipinski definition) is 0. The van der Waals surface area contributed by atoms with E-state index in [4.69, 9.17) is 0 Å². The highest BCUT2D eigenvalue weighted by Crippen LogP contribution is 2.39. The second kappa shape index (κ2) is 8.54. The Labute approximate surface area is 186 Å². The van der Waals surface area contributed by atoms with Gasteiger partial charge in [0.1, 0.15) is 0 Å². The first-order valence-corrected chi connectivity index (χ1v) is 10.4. The van der Waals surface area contributed by atoms with Crippen LogP contribution in [-0.2, 0) is 18.1 Å². The van der Waals surface area contributed by atoms with Crippen molar-refractivity contribution in [3.05, 3.63) is 94.0 Å². The Morgan fingerprint density at radius 3 is 2.27 bits per heavy atom. The number of para-hydroxylation sites is 1. The topological polar surface area (TPSA) is 47.8 Å². The van der Waals surface area contributed by atoms with Crippen molar-refractivity contribution in [3.8, 4) is 5.69 Å². The number of hydrogen-bond acceptors (Lipinski definition) is 4. The summed E-state index contributed by atoms with van der Waals surface area (Å²) in [5.74, 6) is 0.131. The van der Waals surface area contributed by atoms with Crippen LogP contribution < -0.4 is 5.56 Å². The van der Waals surface area contributed by atoms with Crippen LogP contribution in [-0.4, -0.2) is 14.5 Å². The van der Waals surface area contributed by atoms with Crippen LogP contribution in [0.1, 0.15) is 16.8 Å². The van der Waals surface area contributed by atoms with Gasteiger partial charge in [-0.1, -0.05) is 30.0 Å². The maximum absolute atomic E-state index is 13.8. The minimum atomic E-state index is -5.01. The standard InChI is InChI=1S/C22H13F6N3OS/c23-21(24,25)13-8-9-16(22(26,27)28)18(11-13)31-19(32)15-6-1-2-7-17(15)30-20(31)33-12-14-5-3-4-10-29-14/h1-11H,12H2. The number of halogens is 6. The molecule has 0 N–H and O–H groups in total. The maximum Gasteiger partial charge on any atom is 0.418 e. The van der Waals surface area contributed by atoms with E-state index in [1.54, 1.807) is 24.3 Å². The summed E-state index contributed by atoms with van der Waals surface area (Å²) in [5.41, 5.74) is -3.78. The van der Waals surface area contributed by atoms with Gasteiger partial charge < -0.3 is 0 Å². The molecule has 0 aliphatic carbocycles. The number of nitrogens with zero attached hydrogens (tertiary/aromatic N) is 3. The van der Waals surface area contributed by atoms with Gasteiger partial charge in [0.05, 0.1) is 33.4 Å². The number of alkyl halides is 6. The molecule has 0 unspecified atom stereocenters. The number of rotatable bonds is 4. The van der Waals surface area contributed by atoms with Gasteiger partial charge in [0.15, 0.2) is 5.16 Å². The number of pyridine rings is 1. The lowest BCUT2D eigenvalue weighted by Crippen LogP contribution is -2.25. The van der Waals surface area contributed by atoms with Crippen LogP contribution in [0.15, 0.2) is 76.8 Å². The van der Waals surface area contributed by atoms with Crippen LogP contribution in [0.3, 0.4) is 0 Å². The molecule has 2 aromatic heterocycles. The minimum Gasteiger partial charge on any atom is -0.268 e. The van der Waals surface area contributed by atoms with Crippen molar-refractivity contribution >= 4 is 22.7 Å². The van der Waals surface area contributed by atoms with E-state index in [9.17, 15) is 31.1 Å². The zero-order valence-corrected chi connectivity index (χ0v) is 17.3. The molecule has 4 nitrogen and oxygen atoms in total. The number of aromatic nitrogens is 3. The van der Waals surface area contributed by atoms with E-state index in [0.717, 1.165) is 11.8 Å². The summed E-state index contributed by atoms with van der Waals surface area (Å²) in [6.45, 7) is 0. The van der Waals surface area contributed by atoms with Gasteiger partial charge in [0.25, 0.3) is 5.56 Å². The highest BCUT2D eigenvalue weighted by Gasteiger charge is 2.38. The Kier molecular flexibility index (Phi) is 5.91. The molecule has 11 heteroatoms. The quantitative estimate of drug-likeness (QED) is 0.201. The van der Waals surface area contributed by atoms with Crippen LogP contribution in [0.5, 0.6) is 0 Å². The highest BCUT2D eigenvalue weighted by atomic mass is 32.2. The molecule has 0 spiro atoms. The van der Waals surface area contributed by atoms with Gasteiger partial charge in [-0.15, -0.1) is 0 Å². The lowest BCUT2D eigenvalue weighted by Gasteiger charge is -2.19. The summed E-state index contributed by atoms with van der Waals surface area (Å²) < 4.78 is 81.9. The Morgan fingerprint density at radius 1 is 0.879 bits per heavy atom. The van der Waals surface area contributed by atoms with Crippen molar-refractivity contribution in [2.24, 2.45) is 0 Å². The van der Waals surface area contributed by atoms with Gasteiger partial charge in [-0.25, -0.2) is 4.98 Å². The Hall–Kier alpha value is -3.34. The number of thioether (sulfide) groups is 1. The second-order valence-electron chi connectivity index (χ2n) is 6.89. The Bertz CT molecular complexity index is 1370. The Balaban J connectivity index is 1.99. The van der Waals surface area contributed by atoms with Crippen LogP contribution in [0, 0.1) is 0 Å². The van der Waals surface area contributed by atoms with Crippen molar-refractivity contribution in [1.29, 1.82) is 0 Å². The molecular formula is C22H13F6N3OS. The van der Waals surface area contributed by atoms with Crippen molar-refractivity contribution in [2.75, 3.05) is 0 Å². The fraction of sp³-hybridized carbons (Fsp3) is 0.136. The molecule has 0 aliphatic heterocycles. The van der Waals surface area contributed by atoms with Gasteiger partial charge in [-0.05, 0) is 42.5 Å². The van der Waals surface area contributed by atoms with E-state index < -0.39 is 34.7 Å². The molecular weight excluding hydrogens is 468 g/mol. The molecule has 0 amide bonds. The fourth-order valence-corrected chi connectivity index (χ4v) is 4.10. The predicted octanol–water partition coefficient (Wildman–Crippen LogP) is 6.11. The molecule has 0 saturated carbocycles. The predicted molar refractivity (Wildman–Crippen MR) is 111 cm³/mol. The first kappa shape index (κ1) is 22.8. The molecule has 0 atom stereocenters. The molecule has 170 valence electrons. The first-order valence-electron chi connectivity index (χ1n) is 9.39. The van der Waals surface area contributed by atoms with E-state index in [-0.39, 0.29) is 21.8 Å². The lowest BCUT2D eigenvalue weighted by atomic mass is 10.1. The average Bonchev–Trinajstić information content (AvgIpc) is 2.77. The van der Waals surface area contributed by atoms with Crippen molar-refractivity contribution < 1.29 is 26.3 Å². The first-order chi connectivity index (χ1) is 15.6. The zero-order valence-electron chi connectivity index (χ0n) is 16.5. The van der Waals surface area contributed by atoms with Gasteiger partial charge >= 0.3 is 12.4 Å². The van der Waals surface area contributed by atoms with Crippen LogP contribution in [0.2, 0.25) is 0 Å². The van der Waals surface area contributed by atoms with Gasteiger partial charge in [-0.2, -0.15) is 26.3 Å². The van der Waals surface area contributed by atoms with Gasteiger partial charge in [0.2, 0.25) is 0 Å². The monoisotopic (exact) mass is 481 g/mol. The Morgan fingerprint density at radius 2 is 1.61 bits per heavy atom. The van der Waals surface area contributed by atoms with Crippen LogP contribution in [0.4, 0.5) is 26.3 Å². The third-order valence-electron chi connectivity index (χ3n) is 4.69. The number of fused-ring (bicyclic) bond motifs is 1. The lowest BCUT2D eigenvalue weighted by molar-refractivity contribution is -0.141. The SMILES string of the molecule is O=c1c2ccccc2nc(SCc2ccccn2)n1-c1cc(C(F)(F)F)ccc1C(F)(F)F. The van der Waals surface area contributed by atoms with Crippen molar-refractivity contribution in [1.82, 2.24) is 14.5 Å². The summed E-state index contributed by atoms with van der Waals surface area (Å²) in [4.78, 5) is 21.7. The fourth-order valence-electron chi connectivity index (χ4n) is 3.18. The summed E-state index contributed by atoms with van der Waals surface area (Å²) in [6, 6.07) is 12.0. The molecule has 0 fully saturated rings. The molecule has 33 heavy (non-hydrogen) atoms. The van der Waals surface area contributed by atoms with Crippen LogP contribution >= 0.6 is 11.8 Å². The van der Waals surface area contributed by atoms with E-state index >= 15 is 0 Å². The summed E-state index contributed by atoms with van der Waals surface area (Å²) in [6.07, 6.45) is -8.40. The van der Waals surface area contributed by atoms with Crippen LogP contribution in [0.25, 0.3) is 16.6 Å². The molecule has 0 bridgehead atoms. The summed E-state index contributed by atoms with van der Waals surface area (Å²) in [7, 11) is 0. The molecule has 2 aromatic carbocycles. The molecule has 4 aromatic rings. The minimum absolute atomic E-state index is 0.0229. The van der Waals surface area contributed by atoms with E-state index in [0.29, 0.717) is 28.5 Å². The third-order valence-corrected chi connectivity index (χ3v) is 5.66. The third kappa shape index (κ3) is 4.72. The zero-order chi connectivity index (χ0) is 23.8. The smallest absolute Gasteiger partial charge is 0.268 e. The average molecular weight is 481 g/mol. The van der Waals surface area contributed by atoms with E-state index in [1.165, 1.54) is 24.4 Å². The second-order valence-corrected chi connectivity index (χ2v) is 7.83. The molecule has 0 aliphatic rings. The highest BCUT2D eigenvalue weighted by molar-refractivity contribution is 7.98. The van der Waals surface area contributed by atoms with Crippen molar-refractivity contribution in [2.45, 2.75) is 23.3 Å². The molecule has 0 radical (unpaired) electrons. The van der Waals surface area contributed by atoms with Crippen molar-refractivity contribution in [3.63, 3.8) is 0 Å². The maximum atomic E-state index is 13.8. The van der Waals surface area contributed by atoms with Gasteiger partial charge in [0, 0.05) is 11.9 Å². The van der Waals surface area contributed by atoms with E-state index in [1.807, 2.05) is 0 Å². The summed E-state index contributed by atoms with van der Waals surface area (Å²) >= 11 is 0.897. The molecule has 0 saturated heterocycles. The molecule has 2 heterocycles. The van der Waals surface area contributed by atoms with Gasteiger partial charge in [-0.3, -0.25) is 14.3 Å². The summed E-state index contributed by atoms with van der Waals surface area (Å²) in [5, 5.41) is -0.209. The molecule has 4 rings (SSSR count). The largest absolute Gasteiger partial charge is 0.418 e. The van der Waals surface area contributed by atoms with E-state index in [2.05, 4.69) is 9.97 Å². The normalized spacial score (nSPS) is 12.3.